The van der Waals surface area contributed by atoms with Crippen LogP contribution in [0.5, 0.6) is 0 Å². The van der Waals surface area contributed by atoms with Crippen molar-refractivity contribution in [1.82, 2.24) is 0 Å². The molecule has 3 unspecified atom stereocenters. The van der Waals surface area contributed by atoms with E-state index in [0.29, 0.717) is 16.8 Å². The summed E-state index contributed by atoms with van der Waals surface area (Å²) in [6.45, 7) is 11.3. The number of rotatable bonds is 12. The number of nitrogens with zero attached hydrogens (tertiary/aromatic N) is 2. The smallest absolute Gasteiger partial charge is 0.301 e. The minimum atomic E-state index is -3.95. The van der Waals surface area contributed by atoms with Crippen LogP contribution in [0.15, 0.2) is 99.1 Å². The van der Waals surface area contributed by atoms with E-state index in [-0.39, 0.29) is 10.9 Å². The van der Waals surface area contributed by atoms with Gasteiger partial charge in [-0.15, -0.1) is 0 Å². The molecule has 0 saturated heterocycles. The van der Waals surface area contributed by atoms with Gasteiger partial charge in [-0.25, -0.2) is 4.18 Å². The lowest BCUT2D eigenvalue weighted by Crippen LogP contribution is -2.59. The van der Waals surface area contributed by atoms with E-state index < -0.39 is 16.3 Å². The van der Waals surface area contributed by atoms with Crippen LogP contribution in [0.2, 0.25) is 0 Å². The van der Waals surface area contributed by atoms with Gasteiger partial charge in [0.05, 0.1) is 36.9 Å². The molecule has 3 atom stereocenters. The Morgan fingerprint density at radius 1 is 0.927 bits per heavy atom. The van der Waals surface area contributed by atoms with E-state index in [1.807, 2.05) is 19.1 Å². The van der Waals surface area contributed by atoms with Crippen molar-refractivity contribution in [2.24, 2.45) is 5.92 Å². The maximum Gasteiger partial charge on any atom is 0.301 e. The van der Waals surface area contributed by atoms with Crippen LogP contribution < -0.4 is 4.90 Å². The summed E-state index contributed by atoms with van der Waals surface area (Å²) in [4.78, 5) is 5.04. The number of likely N-dealkylation sites (N-methyl/N-ethyl adjacent to an activating group) is 1. The number of hydrogen-bond acceptors (Lipinski definition) is 5. The van der Waals surface area contributed by atoms with E-state index >= 15 is 0 Å². The van der Waals surface area contributed by atoms with E-state index in [1.54, 1.807) is 23.9 Å². The summed E-state index contributed by atoms with van der Waals surface area (Å²) in [7, 11) is 0.273. The van der Waals surface area contributed by atoms with Gasteiger partial charge in [-0.05, 0) is 82.9 Å². The van der Waals surface area contributed by atoms with Crippen molar-refractivity contribution in [3.05, 3.63) is 90.0 Å². The van der Waals surface area contributed by atoms with Gasteiger partial charge in [0.2, 0.25) is 6.23 Å². The zero-order valence-corrected chi connectivity index (χ0v) is 27.1. The lowest BCUT2D eigenvalue weighted by atomic mass is 9.98. The van der Waals surface area contributed by atoms with Crippen molar-refractivity contribution in [2.75, 3.05) is 25.5 Å². The second-order valence-electron chi connectivity index (χ2n) is 12.1. The van der Waals surface area contributed by atoms with Crippen molar-refractivity contribution in [1.29, 1.82) is 0 Å². The van der Waals surface area contributed by atoms with Gasteiger partial charge in [-0.1, -0.05) is 72.3 Å². The number of fused-ring (bicyclic) bond motifs is 2. The largest absolute Gasteiger partial charge is 0.334 e. The van der Waals surface area contributed by atoms with Crippen molar-refractivity contribution < 1.29 is 17.1 Å². The summed E-state index contributed by atoms with van der Waals surface area (Å²) in [5.41, 5.74) is 4.68. The fraction of sp³-hybridized carbons (Fsp3) is 0.412. The summed E-state index contributed by atoms with van der Waals surface area (Å²) in [6, 6.07) is 24.0. The van der Waals surface area contributed by atoms with Gasteiger partial charge in [0.15, 0.2) is 0 Å². The molecule has 0 amide bonds. The Balaban J connectivity index is 1.63. The van der Waals surface area contributed by atoms with Gasteiger partial charge >= 0.3 is 10.1 Å². The lowest BCUT2D eigenvalue weighted by Gasteiger charge is -2.45. The van der Waals surface area contributed by atoms with Crippen LogP contribution in [-0.4, -0.2) is 45.8 Å². The van der Waals surface area contributed by atoms with E-state index in [4.69, 9.17) is 4.18 Å². The summed E-state index contributed by atoms with van der Waals surface area (Å²) < 4.78 is 33.7. The van der Waals surface area contributed by atoms with Gasteiger partial charge < -0.3 is 4.90 Å². The molecule has 41 heavy (non-hydrogen) atoms. The first kappa shape index (κ1) is 31.4. The monoisotopic (exact) mass is 593 g/mol. The zero-order chi connectivity index (χ0) is 29.8. The average Bonchev–Trinajstić information content (AvgIpc) is 2.92. The third kappa shape index (κ3) is 7.63. The van der Waals surface area contributed by atoms with Gasteiger partial charge in [0.25, 0.3) is 0 Å². The van der Waals surface area contributed by atoms with Crippen molar-refractivity contribution in [3.63, 3.8) is 0 Å². The predicted octanol–water partition coefficient (Wildman–Crippen LogP) is 8.57. The first-order valence-electron chi connectivity index (χ1n) is 14.5. The quantitative estimate of drug-likeness (QED) is 0.0911. The molecule has 7 heteroatoms. The number of anilines is 2. The lowest BCUT2D eigenvalue weighted by molar-refractivity contribution is -0.953. The molecule has 4 rings (SSSR count). The molecule has 0 aromatic heterocycles. The van der Waals surface area contributed by atoms with Crippen LogP contribution in [0.25, 0.3) is 0 Å². The molecule has 1 aliphatic heterocycles. The van der Waals surface area contributed by atoms with Gasteiger partial charge in [0.1, 0.15) is 6.04 Å². The van der Waals surface area contributed by atoms with Crippen LogP contribution in [0, 0.1) is 12.8 Å². The van der Waals surface area contributed by atoms with E-state index in [2.05, 4.69) is 101 Å². The molecule has 0 bridgehead atoms. The van der Waals surface area contributed by atoms with Gasteiger partial charge in [-0.3, -0.25) is 4.48 Å². The molecule has 0 N–H and O–H groups in total. The van der Waals surface area contributed by atoms with Crippen LogP contribution in [0.1, 0.15) is 52.5 Å². The summed E-state index contributed by atoms with van der Waals surface area (Å²) in [6.07, 6.45) is 4.31. The maximum absolute atomic E-state index is 13.6. The fourth-order valence-electron chi connectivity index (χ4n) is 5.18. The summed E-state index contributed by atoms with van der Waals surface area (Å²) >= 11 is 1.80. The first-order chi connectivity index (χ1) is 19.4. The van der Waals surface area contributed by atoms with Crippen molar-refractivity contribution >= 4 is 33.3 Å². The Morgan fingerprint density at radius 2 is 1.49 bits per heavy atom. The molecule has 0 radical (unpaired) electrons. The van der Waals surface area contributed by atoms with Crippen LogP contribution in [0.3, 0.4) is 0 Å². The number of para-hydroxylation sites is 2. The zero-order valence-electron chi connectivity index (χ0n) is 25.5. The SMILES string of the molecule is CC(C)=CCCC(C)CC(OS(=O)(=O)c1ccc(C)cc1)[N+](C)(C)C(C)CN1c2ccccc2Sc2ccccc21. The molecule has 0 aliphatic carbocycles. The topological polar surface area (TPSA) is 46.6 Å². The number of benzene rings is 3. The number of aryl methyl sites for hydroxylation is 1. The molecular formula is C34H45N2O3S2+. The molecule has 1 aliphatic rings. The van der Waals surface area contributed by atoms with Crippen LogP contribution in [0.4, 0.5) is 11.4 Å². The molecule has 0 spiro atoms. The Kier molecular flexibility index (Phi) is 10.1. The van der Waals surface area contributed by atoms with E-state index in [1.165, 1.54) is 26.7 Å². The Bertz CT molecular complexity index is 1420. The third-order valence-electron chi connectivity index (χ3n) is 8.22. The second kappa shape index (κ2) is 13.2. The Hall–Kier alpha value is -2.58. The highest BCUT2D eigenvalue weighted by Crippen LogP contribution is 2.48. The molecule has 1 heterocycles. The minimum absolute atomic E-state index is 0.0578. The molecule has 0 saturated carbocycles. The molecule has 220 valence electrons. The van der Waals surface area contributed by atoms with Crippen molar-refractivity contribution in [2.45, 2.75) is 80.8 Å². The van der Waals surface area contributed by atoms with Crippen molar-refractivity contribution in [3.8, 4) is 0 Å². The Morgan fingerprint density at radius 3 is 2.05 bits per heavy atom. The van der Waals surface area contributed by atoms with E-state index in [0.717, 1.165) is 24.9 Å². The molecule has 3 aromatic rings. The molecule has 0 fully saturated rings. The molecular weight excluding hydrogens is 549 g/mol. The highest BCUT2D eigenvalue weighted by atomic mass is 32.2. The molecule has 5 nitrogen and oxygen atoms in total. The minimum Gasteiger partial charge on any atom is -0.334 e. The average molecular weight is 594 g/mol. The highest BCUT2D eigenvalue weighted by molar-refractivity contribution is 7.99. The number of hydrogen-bond donors (Lipinski definition) is 0. The standard InChI is InChI=1S/C34H45N2O3S2/c1-25(2)13-12-14-27(4)23-34(39-41(37,38)29-21-19-26(3)20-22-29)36(6,7)28(5)24-35-30-15-8-10-17-32(30)40-33-18-11-9-16-31(33)35/h8-11,13,15-22,27-28,34H,12,14,23-24H2,1-7H3/q+1. The number of allylic oxidation sites excluding steroid dienone is 2. The number of quaternary nitrogens is 1. The summed E-state index contributed by atoms with van der Waals surface area (Å²) in [5.74, 6) is 0.293. The van der Waals surface area contributed by atoms with Crippen LogP contribution in [-0.2, 0) is 14.3 Å². The summed E-state index contributed by atoms with van der Waals surface area (Å²) in [5, 5.41) is 0. The third-order valence-corrected chi connectivity index (χ3v) is 10.7. The van der Waals surface area contributed by atoms with Gasteiger partial charge in [-0.2, -0.15) is 8.42 Å². The molecule has 3 aromatic carbocycles. The maximum atomic E-state index is 13.6. The van der Waals surface area contributed by atoms with Gasteiger partial charge in [0, 0.05) is 16.2 Å². The predicted molar refractivity (Wildman–Crippen MR) is 171 cm³/mol. The normalized spacial score (nSPS) is 15.4. The highest BCUT2D eigenvalue weighted by Gasteiger charge is 2.41. The first-order valence-corrected chi connectivity index (χ1v) is 16.7. The second-order valence-corrected chi connectivity index (χ2v) is 14.8. The van der Waals surface area contributed by atoms with E-state index in [9.17, 15) is 8.42 Å². The Labute approximate surface area is 251 Å². The van der Waals surface area contributed by atoms with Crippen LogP contribution >= 0.6 is 11.8 Å². The fourth-order valence-corrected chi connectivity index (χ4v) is 7.45.